The molecule has 5 nitrogen and oxygen atoms in total. The minimum atomic E-state index is 0.501. The number of nitrogens with one attached hydrogen (secondary N) is 2. The minimum absolute atomic E-state index is 0.501. The predicted octanol–water partition coefficient (Wildman–Crippen LogP) is 0.666. The lowest BCUT2D eigenvalue weighted by Crippen LogP contribution is -2.17. The normalized spacial score (nSPS) is 14.9. The van der Waals surface area contributed by atoms with E-state index in [1.807, 2.05) is 6.92 Å². The number of nitrogens with two attached hydrogens (primary N) is 1. The highest BCUT2D eigenvalue weighted by Gasteiger charge is 2.16. The summed E-state index contributed by atoms with van der Waals surface area (Å²) in [6, 6.07) is 0. The van der Waals surface area contributed by atoms with Crippen LogP contribution in [0.25, 0.3) is 0 Å². The molecule has 0 fully saturated rings. The Kier molecular flexibility index (Phi) is 1.69. The van der Waals surface area contributed by atoms with Crippen molar-refractivity contribution in [2.24, 2.45) is 10.1 Å². The van der Waals surface area contributed by atoms with Gasteiger partial charge in [0.25, 0.3) is 0 Å². The summed E-state index contributed by atoms with van der Waals surface area (Å²) in [5, 5.41) is 0. The molecule has 64 valence electrons. The number of amidine groups is 1. The van der Waals surface area contributed by atoms with Crippen molar-refractivity contribution >= 4 is 23.8 Å². The Morgan fingerprint density at radius 2 is 2.42 bits per heavy atom. The molecule has 12 heavy (non-hydrogen) atoms. The molecule has 0 aliphatic carbocycles. The number of hydrogen-bond donors (Lipinski definition) is 3. The number of anilines is 1. The molecule has 0 spiro atoms. The van der Waals surface area contributed by atoms with E-state index in [4.69, 9.17) is 5.73 Å². The van der Waals surface area contributed by atoms with Gasteiger partial charge in [-0.1, -0.05) is 6.92 Å². The van der Waals surface area contributed by atoms with Crippen molar-refractivity contribution < 1.29 is 0 Å². The molecule has 0 saturated heterocycles. The summed E-state index contributed by atoms with van der Waals surface area (Å²) in [5.74, 6) is 2.21. The van der Waals surface area contributed by atoms with E-state index in [1.54, 1.807) is 0 Å². The van der Waals surface area contributed by atoms with Crippen LogP contribution in [-0.4, -0.2) is 15.8 Å². The van der Waals surface area contributed by atoms with Crippen molar-refractivity contribution in [3.8, 4) is 0 Å². The SMILES string of the molecule is CCc1nc2c([nH]1)C(N)=NSN2. The fourth-order valence-electron chi connectivity index (χ4n) is 1.01. The van der Waals surface area contributed by atoms with Gasteiger partial charge >= 0.3 is 0 Å². The van der Waals surface area contributed by atoms with Gasteiger partial charge in [0.15, 0.2) is 11.7 Å². The fourth-order valence-corrected chi connectivity index (χ4v) is 1.48. The first-order chi connectivity index (χ1) is 5.81. The van der Waals surface area contributed by atoms with Gasteiger partial charge in [0.1, 0.15) is 11.5 Å². The van der Waals surface area contributed by atoms with E-state index >= 15 is 0 Å². The van der Waals surface area contributed by atoms with Gasteiger partial charge in [-0.05, 0) is 0 Å². The smallest absolute Gasteiger partial charge is 0.167 e. The summed E-state index contributed by atoms with van der Waals surface area (Å²) in [6.07, 6.45) is 0.868. The molecule has 1 aliphatic rings. The summed E-state index contributed by atoms with van der Waals surface area (Å²) >= 11 is 1.20. The summed E-state index contributed by atoms with van der Waals surface area (Å²) in [4.78, 5) is 7.36. The number of nitrogens with zero attached hydrogens (tertiary/aromatic N) is 2. The molecule has 0 aromatic carbocycles. The van der Waals surface area contributed by atoms with E-state index in [-0.39, 0.29) is 0 Å². The van der Waals surface area contributed by atoms with Gasteiger partial charge in [0, 0.05) is 6.42 Å². The zero-order valence-corrected chi connectivity index (χ0v) is 7.40. The van der Waals surface area contributed by atoms with E-state index in [1.165, 1.54) is 12.1 Å². The topological polar surface area (TPSA) is 79.1 Å². The lowest BCUT2D eigenvalue weighted by atomic mass is 10.4. The Hall–Kier alpha value is -1.17. The maximum atomic E-state index is 5.63. The van der Waals surface area contributed by atoms with Crippen molar-refractivity contribution in [1.82, 2.24) is 9.97 Å². The Morgan fingerprint density at radius 3 is 3.08 bits per heavy atom. The number of rotatable bonds is 1. The molecular weight excluding hydrogens is 174 g/mol. The number of hydrogen-bond acceptors (Lipinski definition) is 5. The quantitative estimate of drug-likeness (QED) is 0.559. The van der Waals surface area contributed by atoms with E-state index in [2.05, 4.69) is 19.1 Å². The second-order valence-corrected chi connectivity index (χ2v) is 3.00. The summed E-state index contributed by atoms with van der Waals surface area (Å²) < 4.78 is 6.90. The van der Waals surface area contributed by atoms with Crippen molar-refractivity contribution in [3.05, 3.63) is 11.5 Å². The molecule has 4 N–H and O–H groups in total. The molecule has 6 heteroatoms. The Labute approximate surface area is 74.1 Å². The van der Waals surface area contributed by atoms with Gasteiger partial charge in [0.2, 0.25) is 0 Å². The van der Waals surface area contributed by atoms with Crippen LogP contribution in [0.2, 0.25) is 0 Å². The van der Waals surface area contributed by atoms with Gasteiger partial charge in [-0.3, -0.25) is 4.72 Å². The fraction of sp³-hybridized carbons (Fsp3) is 0.333. The molecule has 1 aromatic heterocycles. The minimum Gasteiger partial charge on any atom is -0.381 e. The maximum absolute atomic E-state index is 5.63. The largest absolute Gasteiger partial charge is 0.381 e. The Balaban J connectivity index is 2.46. The standard InChI is InChI=1S/C6H9N5S/c1-2-3-8-4-5(7)10-12-11-6(4)9-3/h11H,2H2,1H3,(H2,7,10)(H,8,9). The molecule has 1 aliphatic heterocycles. The van der Waals surface area contributed by atoms with Crippen molar-refractivity contribution in [3.63, 3.8) is 0 Å². The van der Waals surface area contributed by atoms with Crippen LogP contribution in [-0.2, 0) is 6.42 Å². The van der Waals surface area contributed by atoms with Gasteiger partial charge in [-0.25, -0.2) is 4.98 Å². The van der Waals surface area contributed by atoms with Crippen molar-refractivity contribution in [2.45, 2.75) is 13.3 Å². The van der Waals surface area contributed by atoms with Gasteiger partial charge in [-0.15, -0.1) is 0 Å². The molecule has 1 aromatic rings. The highest BCUT2D eigenvalue weighted by Crippen LogP contribution is 2.22. The van der Waals surface area contributed by atoms with Crippen LogP contribution < -0.4 is 10.5 Å². The number of fused-ring (bicyclic) bond motifs is 1. The summed E-state index contributed by atoms with van der Waals surface area (Å²) in [5.41, 5.74) is 6.43. The Morgan fingerprint density at radius 1 is 1.58 bits per heavy atom. The molecule has 0 radical (unpaired) electrons. The molecular formula is C6H9N5S. The zero-order valence-electron chi connectivity index (χ0n) is 6.59. The maximum Gasteiger partial charge on any atom is 0.167 e. The van der Waals surface area contributed by atoms with Gasteiger partial charge in [0.05, 0.1) is 12.1 Å². The second-order valence-electron chi connectivity index (χ2n) is 2.43. The van der Waals surface area contributed by atoms with Crippen molar-refractivity contribution in [1.29, 1.82) is 0 Å². The Bertz CT molecular complexity index is 329. The molecule has 0 saturated carbocycles. The highest BCUT2D eigenvalue weighted by atomic mass is 32.2. The van der Waals surface area contributed by atoms with Gasteiger partial charge < -0.3 is 10.7 Å². The molecule has 0 bridgehead atoms. The average Bonchev–Trinajstić information content (AvgIpc) is 2.49. The summed E-state index contributed by atoms with van der Waals surface area (Å²) in [7, 11) is 0. The van der Waals surface area contributed by atoms with Crippen molar-refractivity contribution in [2.75, 3.05) is 4.72 Å². The third-order valence-electron chi connectivity index (χ3n) is 1.63. The number of aromatic nitrogens is 2. The average molecular weight is 183 g/mol. The van der Waals surface area contributed by atoms with E-state index in [9.17, 15) is 0 Å². The van der Waals surface area contributed by atoms with E-state index < -0.39 is 0 Å². The molecule has 0 amide bonds. The number of aryl methyl sites for hydroxylation is 1. The van der Waals surface area contributed by atoms with Crippen LogP contribution in [0.5, 0.6) is 0 Å². The molecule has 0 unspecified atom stereocenters. The first-order valence-electron chi connectivity index (χ1n) is 3.66. The molecule has 0 atom stereocenters. The molecule has 2 rings (SSSR count). The number of imidazole rings is 1. The zero-order chi connectivity index (χ0) is 8.55. The van der Waals surface area contributed by atoms with Gasteiger partial charge in [-0.2, -0.15) is 4.40 Å². The van der Waals surface area contributed by atoms with Crippen LogP contribution >= 0.6 is 12.1 Å². The van der Waals surface area contributed by atoms with Crippen LogP contribution in [0, 0.1) is 0 Å². The second kappa shape index (κ2) is 2.71. The first-order valence-corrected chi connectivity index (χ1v) is 4.43. The third kappa shape index (κ3) is 1.04. The van der Waals surface area contributed by atoms with Crippen LogP contribution in [0.3, 0.4) is 0 Å². The van der Waals surface area contributed by atoms with Crippen LogP contribution in [0.4, 0.5) is 5.82 Å². The predicted molar refractivity (Wildman–Crippen MR) is 49.9 cm³/mol. The lowest BCUT2D eigenvalue weighted by Gasteiger charge is -2.06. The number of aromatic amines is 1. The van der Waals surface area contributed by atoms with Crippen LogP contribution in [0.15, 0.2) is 4.40 Å². The highest BCUT2D eigenvalue weighted by molar-refractivity contribution is 7.99. The first kappa shape index (κ1) is 7.48. The molecule has 2 heterocycles. The van der Waals surface area contributed by atoms with Crippen LogP contribution in [0.1, 0.15) is 18.4 Å². The third-order valence-corrected chi connectivity index (χ3v) is 2.20. The lowest BCUT2D eigenvalue weighted by molar-refractivity contribution is 0.989. The monoisotopic (exact) mass is 183 g/mol. The summed E-state index contributed by atoms with van der Waals surface area (Å²) in [6.45, 7) is 2.03. The number of H-pyrrole nitrogens is 1. The van der Waals surface area contributed by atoms with E-state index in [0.29, 0.717) is 5.84 Å². The van der Waals surface area contributed by atoms with E-state index in [0.717, 1.165) is 23.8 Å².